The molecule has 0 bridgehead atoms. The lowest BCUT2D eigenvalue weighted by Gasteiger charge is -2.21. The number of aromatic nitrogens is 3. The molecule has 4 rings (SSSR count). The number of hydrogen-bond donors (Lipinski definition) is 1. The fourth-order valence-electron chi connectivity index (χ4n) is 3.36. The maximum absolute atomic E-state index is 13.3. The third kappa shape index (κ3) is 3.78. The molecule has 6 nitrogen and oxygen atoms in total. The molecule has 29 heavy (non-hydrogen) atoms. The predicted molar refractivity (Wildman–Crippen MR) is 109 cm³/mol. The second kappa shape index (κ2) is 8.06. The van der Waals surface area contributed by atoms with Gasteiger partial charge in [-0.25, -0.2) is 0 Å². The number of rotatable bonds is 5. The summed E-state index contributed by atoms with van der Waals surface area (Å²) in [4.78, 5) is 21.5. The van der Waals surface area contributed by atoms with Crippen molar-refractivity contribution in [3.63, 3.8) is 0 Å². The topological polar surface area (TPSA) is 80.9 Å². The number of pyridine rings is 2. The summed E-state index contributed by atoms with van der Waals surface area (Å²) in [6, 6.07) is 15.1. The van der Waals surface area contributed by atoms with E-state index in [0.29, 0.717) is 17.0 Å². The van der Waals surface area contributed by atoms with Gasteiger partial charge in [-0.3, -0.25) is 14.8 Å². The normalized spacial score (nSPS) is 11.8. The minimum atomic E-state index is -0.328. The molecule has 3 aromatic heterocycles. The van der Waals surface area contributed by atoms with E-state index in [-0.39, 0.29) is 11.9 Å². The molecule has 1 N–H and O–H groups in total. The maximum atomic E-state index is 13.3. The fraction of sp³-hybridized carbons (Fsp3) is 0.130. The smallest absolute Gasteiger partial charge is 0.257 e. The number of nitrogens with zero attached hydrogens (tertiary/aromatic N) is 3. The molecule has 4 aromatic rings. The van der Waals surface area contributed by atoms with E-state index in [4.69, 9.17) is 4.52 Å². The van der Waals surface area contributed by atoms with Crippen molar-refractivity contribution in [2.45, 2.75) is 19.9 Å². The number of nitrogens with one attached hydrogen (secondary N) is 1. The van der Waals surface area contributed by atoms with Gasteiger partial charge in [-0.2, -0.15) is 0 Å². The molecule has 0 radical (unpaired) electrons. The summed E-state index contributed by atoms with van der Waals surface area (Å²) < 4.78 is 5.35. The van der Waals surface area contributed by atoms with Crippen LogP contribution in [0.5, 0.6) is 0 Å². The molecule has 0 unspecified atom stereocenters. The van der Waals surface area contributed by atoms with Gasteiger partial charge in [0.1, 0.15) is 17.0 Å². The minimum Gasteiger partial charge on any atom is -0.360 e. The fourth-order valence-corrected chi connectivity index (χ4v) is 3.36. The third-order valence-corrected chi connectivity index (χ3v) is 4.86. The summed E-state index contributed by atoms with van der Waals surface area (Å²) in [6.45, 7) is 3.77. The van der Waals surface area contributed by atoms with Gasteiger partial charge < -0.3 is 9.84 Å². The standard InChI is InChI=1S/C23H20N4O2/c1-15-5-3-4-6-19(15)21(17-7-11-24-12-8-17)26-23(28)20-16(2)29-27-22(20)18-9-13-25-14-10-18/h3-14,21H,1-2H3,(H,26,28)/t21-/m0/s1. The van der Waals surface area contributed by atoms with Crippen LogP contribution in [0.1, 0.15) is 38.9 Å². The number of amides is 1. The zero-order chi connectivity index (χ0) is 20.2. The molecule has 0 aliphatic heterocycles. The molecule has 144 valence electrons. The Bertz CT molecular complexity index is 1120. The van der Waals surface area contributed by atoms with Gasteiger partial charge in [0.15, 0.2) is 0 Å². The van der Waals surface area contributed by atoms with E-state index < -0.39 is 0 Å². The second-order valence-electron chi connectivity index (χ2n) is 6.74. The van der Waals surface area contributed by atoms with Crippen molar-refractivity contribution in [2.24, 2.45) is 0 Å². The molecule has 0 fully saturated rings. The number of carbonyl (C=O) groups is 1. The van der Waals surface area contributed by atoms with Crippen LogP contribution in [0.25, 0.3) is 11.3 Å². The summed E-state index contributed by atoms with van der Waals surface area (Å²) in [7, 11) is 0. The van der Waals surface area contributed by atoms with Crippen LogP contribution in [0.15, 0.2) is 77.8 Å². The van der Waals surface area contributed by atoms with Crippen molar-refractivity contribution in [3.8, 4) is 11.3 Å². The van der Waals surface area contributed by atoms with Crippen LogP contribution in [0.2, 0.25) is 0 Å². The lowest BCUT2D eigenvalue weighted by atomic mass is 9.95. The zero-order valence-electron chi connectivity index (χ0n) is 16.2. The molecular formula is C23H20N4O2. The Labute approximate surface area is 168 Å². The highest BCUT2D eigenvalue weighted by Gasteiger charge is 2.25. The Morgan fingerprint density at radius 3 is 2.28 bits per heavy atom. The number of carbonyl (C=O) groups excluding carboxylic acids is 1. The zero-order valence-corrected chi connectivity index (χ0v) is 16.2. The summed E-state index contributed by atoms with van der Waals surface area (Å²) >= 11 is 0. The highest BCUT2D eigenvalue weighted by atomic mass is 16.5. The largest absolute Gasteiger partial charge is 0.360 e. The maximum Gasteiger partial charge on any atom is 0.257 e. The van der Waals surface area contributed by atoms with Crippen LogP contribution in [0, 0.1) is 13.8 Å². The van der Waals surface area contributed by atoms with Gasteiger partial charge >= 0.3 is 0 Å². The van der Waals surface area contributed by atoms with Gasteiger partial charge in [-0.15, -0.1) is 0 Å². The summed E-state index contributed by atoms with van der Waals surface area (Å²) in [5.74, 6) is 0.216. The molecule has 1 aromatic carbocycles. The monoisotopic (exact) mass is 384 g/mol. The molecule has 3 heterocycles. The van der Waals surface area contributed by atoms with Crippen molar-refractivity contribution < 1.29 is 9.32 Å². The predicted octanol–water partition coefficient (Wildman–Crippen LogP) is 4.27. The first-order valence-electron chi connectivity index (χ1n) is 9.28. The molecule has 0 saturated heterocycles. The van der Waals surface area contributed by atoms with E-state index in [1.54, 1.807) is 43.8 Å². The summed E-state index contributed by atoms with van der Waals surface area (Å²) in [5, 5.41) is 7.27. The van der Waals surface area contributed by atoms with Crippen LogP contribution >= 0.6 is 0 Å². The van der Waals surface area contributed by atoms with E-state index >= 15 is 0 Å². The third-order valence-electron chi connectivity index (χ3n) is 4.86. The van der Waals surface area contributed by atoms with Crippen LogP contribution in [-0.4, -0.2) is 21.0 Å². The second-order valence-corrected chi connectivity index (χ2v) is 6.74. The van der Waals surface area contributed by atoms with E-state index in [2.05, 4.69) is 20.4 Å². The molecule has 0 aliphatic carbocycles. The highest BCUT2D eigenvalue weighted by Crippen LogP contribution is 2.28. The van der Waals surface area contributed by atoms with Gasteiger partial charge in [0, 0.05) is 30.4 Å². The highest BCUT2D eigenvalue weighted by molar-refractivity contribution is 6.01. The van der Waals surface area contributed by atoms with E-state index in [0.717, 1.165) is 22.3 Å². The molecule has 1 atom stereocenters. The molecule has 1 amide bonds. The Morgan fingerprint density at radius 2 is 1.59 bits per heavy atom. The van der Waals surface area contributed by atoms with Crippen molar-refractivity contribution >= 4 is 5.91 Å². The van der Waals surface area contributed by atoms with E-state index in [1.807, 2.05) is 43.3 Å². The first-order valence-corrected chi connectivity index (χ1v) is 9.28. The van der Waals surface area contributed by atoms with Crippen LogP contribution < -0.4 is 5.32 Å². The average Bonchev–Trinajstić information content (AvgIpc) is 3.15. The van der Waals surface area contributed by atoms with Crippen LogP contribution in [-0.2, 0) is 0 Å². The molecule has 6 heteroatoms. The van der Waals surface area contributed by atoms with E-state index in [9.17, 15) is 4.79 Å². The van der Waals surface area contributed by atoms with E-state index in [1.165, 1.54) is 0 Å². The minimum absolute atomic E-state index is 0.249. The lowest BCUT2D eigenvalue weighted by molar-refractivity contribution is 0.0942. The summed E-state index contributed by atoms with van der Waals surface area (Å²) in [5.41, 5.74) is 4.75. The van der Waals surface area contributed by atoms with Crippen molar-refractivity contribution in [1.82, 2.24) is 20.4 Å². The lowest BCUT2D eigenvalue weighted by Crippen LogP contribution is -2.30. The van der Waals surface area contributed by atoms with Gasteiger partial charge in [-0.1, -0.05) is 29.4 Å². The van der Waals surface area contributed by atoms with Gasteiger partial charge in [0.2, 0.25) is 0 Å². The first-order chi connectivity index (χ1) is 14.1. The quantitative estimate of drug-likeness (QED) is 0.556. The van der Waals surface area contributed by atoms with Gasteiger partial charge in [-0.05, 0) is 54.8 Å². The Balaban J connectivity index is 1.74. The number of hydrogen-bond acceptors (Lipinski definition) is 5. The summed E-state index contributed by atoms with van der Waals surface area (Å²) in [6.07, 6.45) is 6.77. The Morgan fingerprint density at radius 1 is 0.931 bits per heavy atom. The number of benzene rings is 1. The van der Waals surface area contributed by atoms with Gasteiger partial charge in [0.25, 0.3) is 5.91 Å². The van der Waals surface area contributed by atoms with Gasteiger partial charge in [0.05, 0.1) is 6.04 Å². The van der Waals surface area contributed by atoms with Crippen molar-refractivity contribution in [3.05, 3.63) is 101 Å². The van der Waals surface area contributed by atoms with Crippen molar-refractivity contribution in [1.29, 1.82) is 0 Å². The van der Waals surface area contributed by atoms with Crippen LogP contribution in [0.4, 0.5) is 0 Å². The Hall–Kier alpha value is -3.80. The molecule has 0 aliphatic rings. The SMILES string of the molecule is Cc1ccccc1[C@@H](NC(=O)c1c(-c2ccncc2)noc1C)c1ccncc1. The molecular weight excluding hydrogens is 364 g/mol. The number of aryl methyl sites for hydroxylation is 2. The van der Waals surface area contributed by atoms with Crippen molar-refractivity contribution in [2.75, 3.05) is 0 Å². The first kappa shape index (κ1) is 18.6. The van der Waals surface area contributed by atoms with Crippen LogP contribution in [0.3, 0.4) is 0 Å². The average molecular weight is 384 g/mol. The molecule has 0 spiro atoms. The molecule has 0 saturated carbocycles. The Kier molecular flexibility index (Phi) is 5.16.